The largest absolute Gasteiger partial charge is 0.481 e. The minimum Gasteiger partial charge on any atom is -0.481 e. The van der Waals surface area contributed by atoms with Crippen LogP contribution < -0.4 is 10.1 Å². The van der Waals surface area contributed by atoms with Gasteiger partial charge in [-0.15, -0.1) is 0 Å². The van der Waals surface area contributed by atoms with E-state index in [0.29, 0.717) is 28.8 Å². The molecule has 0 radical (unpaired) electrons. The lowest BCUT2D eigenvalue weighted by Crippen LogP contribution is -2.28. The zero-order valence-corrected chi connectivity index (χ0v) is 14.1. The van der Waals surface area contributed by atoms with E-state index in [0.717, 1.165) is 5.56 Å². The van der Waals surface area contributed by atoms with Gasteiger partial charge in [0, 0.05) is 22.8 Å². The van der Waals surface area contributed by atoms with Gasteiger partial charge >= 0.3 is 0 Å². The van der Waals surface area contributed by atoms with E-state index in [1.807, 2.05) is 6.07 Å². The zero-order chi connectivity index (χ0) is 17.4. The van der Waals surface area contributed by atoms with Crippen LogP contribution in [-0.2, 0) is 0 Å². The smallest absolute Gasteiger partial charge is 0.222 e. The highest BCUT2D eigenvalue weighted by atomic mass is 35.5. The Labute approximate surface area is 148 Å². The predicted molar refractivity (Wildman–Crippen MR) is 91.3 cm³/mol. The molecule has 0 fully saturated rings. The summed E-state index contributed by atoms with van der Waals surface area (Å²) in [6.07, 6.45) is 3.74. The van der Waals surface area contributed by atoms with E-state index < -0.39 is 0 Å². The number of benzene rings is 1. The van der Waals surface area contributed by atoms with E-state index in [1.54, 1.807) is 36.2 Å². The summed E-state index contributed by atoms with van der Waals surface area (Å²) < 4.78 is 21.2. The van der Waals surface area contributed by atoms with E-state index in [-0.39, 0.29) is 17.9 Å². The molecule has 0 saturated carbocycles. The van der Waals surface area contributed by atoms with Crippen molar-refractivity contribution in [2.75, 3.05) is 12.4 Å². The Balaban J connectivity index is 1.75. The number of halogens is 2. The summed E-state index contributed by atoms with van der Waals surface area (Å²) in [4.78, 5) is 8.48. The number of fused-ring (bicyclic) bond motifs is 1. The third kappa shape index (κ3) is 2.80. The van der Waals surface area contributed by atoms with Crippen molar-refractivity contribution in [2.45, 2.75) is 18.5 Å². The van der Waals surface area contributed by atoms with Crippen molar-refractivity contribution in [1.29, 1.82) is 0 Å². The van der Waals surface area contributed by atoms with E-state index in [9.17, 15) is 4.39 Å². The summed E-state index contributed by atoms with van der Waals surface area (Å²) in [6.45, 7) is 0. The van der Waals surface area contributed by atoms with Crippen LogP contribution in [0.5, 0.6) is 5.88 Å². The topological polar surface area (TPSA) is 64.9 Å². The highest BCUT2D eigenvalue weighted by Crippen LogP contribution is 2.40. The standard InChI is InChI=1S/C17H15ClFN5O/c1-25-15-6-5-10(8-20-15)13-7-14(24-17(23-13)21-9-22-24)16-11(18)3-2-4-12(16)19/h2-6,8-9,13-14H,7H2,1H3,(H,21,22,23)/t13-,14+/m1/s1. The number of methoxy groups -OCH3 is 1. The fourth-order valence-electron chi connectivity index (χ4n) is 3.13. The Bertz CT molecular complexity index is 878. The molecule has 0 bridgehead atoms. The van der Waals surface area contributed by atoms with E-state index in [4.69, 9.17) is 16.3 Å². The average molecular weight is 360 g/mol. The van der Waals surface area contributed by atoms with E-state index >= 15 is 0 Å². The van der Waals surface area contributed by atoms with Crippen LogP contribution in [0.4, 0.5) is 10.3 Å². The van der Waals surface area contributed by atoms with Crippen molar-refractivity contribution in [1.82, 2.24) is 19.7 Å². The number of nitrogens with one attached hydrogen (secondary N) is 1. The molecule has 1 aliphatic rings. The Morgan fingerprint density at radius 1 is 1.28 bits per heavy atom. The van der Waals surface area contributed by atoms with Gasteiger partial charge in [0.05, 0.1) is 19.2 Å². The molecule has 0 unspecified atom stereocenters. The molecule has 0 spiro atoms. The van der Waals surface area contributed by atoms with Gasteiger partial charge < -0.3 is 10.1 Å². The van der Waals surface area contributed by atoms with Gasteiger partial charge in [-0.2, -0.15) is 10.1 Å². The number of anilines is 1. The van der Waals surface area contributed by atoms with Crippen molar-refractivity contribution < 1.29 is 9.13 Å². The van der Waals surface area contributed by atoms with Crippen LogP contribution in [-0.4, -0.2) is 26.9 Å². The molecule has 1 N–H and O–H groups in total. The molecule has 1 aromatic carbocycles. The van der Waals surface area contributed by atoms with E-state index in [2.05, 4.69) is 20.4 Å². The van der Waals surface area contributed by atoms with Crippen LogP contribution in [0.3, 0.4) is 0 Å². The van der Waals surface area contributed by atoms with E-state index in [1.165, 1.54) is 12.4 Å². The molecular weight excluding hydrogens is 345 g/mol. The van der Waals surface area contributed by atoms with Gasteiger partial charge in [0.25, 0.3) is 0 Å². The van der Waals surface area contributed by atoms with Gasteiger partial charge in [-0.3, -0.25) is 0 Å². The van der Waals surface area contributed by atoms with Gasteiger partial charge in [0.2, 0.25) is 11.8 Å². The first kappa shape index (κ1) is 15.8. The third-order valence-corrected chi connectivity index (χ3v) is 4.66. The van der Waals surface area contributed by atoms with Gasteiger partial charge in [0.15, 0.2) is 0 Å². The normalized spacial score (nSPS) is 19.2. The molecular formula is C17H15ClFN5O. The van der Waals surface area contributed by atoms with Crippen LogP contribution in [0.15, 0.2) is 42.9 Å². The number of hydrogen-bond donors (Lipinski definition) is 1. The molecule has 25 heavy (non-hydrogen) atoms. The summed E-state index contributed by atoms with van der Waals surface area (Å²) in [5.41, 5.74) is 1.37. The Hall–Kier alpha value is -2.67. The minimum absolute atomic E-state index is 0.101. The third-order valence-electron chi connectivity index (χ3n) is 4.33. The quantitative estimate of drug-likeness (QED) is 0.773. The van der Waals surface area contributed by atoms with Crippen molar-refractivity contribution in [3.8, 4) is 5.88 Å². The lowest BCUT2D eigenvalue weighted by atomic mass is 9.94. The van der Waals surface area contributed by atoms with Crippen LogP contribution in [0.25, 0.3) is 0 Å². The Morgan fingerprint density at radius 3 is 2.88 bits per heavy atom. The lowest BCUT2D eigenvalue weighted by molar-refractivity contribution is 0.395. The van der Waals surface area contributed by atoms with Gasteiger partial charge in [0.1, 0.15) is 12.1 Å². The average Bonchev–Trinajstić information content (AvgIpc) is 3.10. The van der Waals surface area contributed by atoms with Crippen LogP contribution in [0.2, 0.25) is 5.02 Å². The molecule has 128 valence electrons. The SMILES string of the molecule is COc1ccc([C@H]2C[C@@H](c3c(F)cccc3Cl)n3ncnc3N2)cn1. The number of hydrogen-bond acceptors (Lipinski definition) is 5. The zero-order valence-electron chi connectivity index (χ0n) is 13.4. The molecule has 0 amide bonds. The fraction of sp³-hybridized carbons (Fsp3) is 0.235. The molecule has 2 aromatic heterocycles. The lowest BCUT2D eigenvalue weighted by Gasteiger charge is -2.32. The molecule has 8 heteroatoms. The summed E-state index contributed by atoms with van der Waals surface area (Å²) >= 11 is 6.28. The molecule has 3 aromatic rings. The maximum atomic E-state index is 14.5. The maximum absolute atomic E-state index is 14.5. The predicted octanol–water partition coefficient (Wildman–Crippen LogP) is 3.62. The molecule has 3 heterocycles. The van der Waals surface area contributed by atoms with Crippen molar-refractivity contribution in [3.05, 3.63) is 64.8 Å². The van der Waals surface area contributed by atoms with Crippen molar-refractivity contribution in [3.63, 3.8) is 0 Å². The summed E-state index contributed by atoms with van der Waals surface area (Å²) in [6, 6.07) is 7.94. The van der Waals surface area contributed by atoms with Crippen molar-refractivity contribution >= 4 is 17.5 Å². The number of ether oxygens (including phenoxy) is 1. The second kappa shape index (κ2) is 6.33. The molecule has 4 rings (SSSR count). The maximum Gasteiger partial charge on any atom is 0.222 e. The second-order valence-corrected chi connectivity index (χ2v) is 6.15. The highest BCUT2D eigenvalue weighted by Gasteiger charge is 2.32. The highest BCUT2D eigenvalue weighted by molar-refractivity contribution is 6.31. The number of nitrogens with zero attached hydrogens (tertiary/aromatic N) is 4. The summed E-state index contributed by atoms with van der Waals surface area (Å²) in [7, 11) is 1.57. The van der Waals surface area contributed by atoms with Crippen LogP contribution in [0.1, 0.15) is 29.6 Å². The molecule has 1 aliphatic heterocycles. The van der Waals surface area contributed by atoms with Crippen LogP contribution >= 0.6 is 11.6 Å². The monoisotopic (exact) mass is 359 g/mol. The van der Waals surface area contributed by atoms with Crippen molar-refractivity contribution in [2.24, 2.45) is 0 Å². The molecule has 6 nitrogen and oxygen atoms in total. The Morgan fingerprint density at radius 2 is 2.16 bits per heavy atom. The fourth-order valence-corrected chi connectivity index (χ4v) is 3.42. The second-order valence-electron chi connectivity index (χ2n) is 5.75. The number of aromatic nitrogens is 4. The first-order valence-corrected chi connectivity index (χ1v) is 8.15. The summed E-state index contributed by atoms with van der Waals surface area (Å²) in [5, 5.41) is 7.92. The Kier molecular flexibility index (Phi) is 4.01. The first-order valence-electron chi connectivity index (χ1n) is 7.77. The first-order chi connectivity index (χ1) is 12.2. The van der Waals surface area contributed by atoms with Gasteiger partial charge in [-0.25, -0.2) is 14.1 Å². The summed E-state index contributed by atoms with van der Waals surface area (Å²) in [5.74, 6) is 0.750. The number of rotatable bonds is 3. The molecule has 0 saturated heterocycles. The van der Waals surface area contributed by atoms with Crippen LogP contribution in [0, 0.1) is 5.82 Å². The number of pyridine rings is 1. The minimum atomic E-state index is -0.362. The molecule has 2 atom stereocenters. The van der Waals surface area contributed by atoms with Gasteiger partial charge in [-0.05, 0) is 24.1 Å². The molecule has 0 aliphatic carbocycles. The van der Waals surface area contributed by atoms with Gasteiger partial charge in [-0.1, -0.05) is 23.7 Å².